The maximum absolute atomic E-state index is 4.81. The zero-order chi connectivity index (χ0) is 22.5. The summed E-state index contributed by atoms with van der Waals surface area (Å²) in [6, 6.07) is 20.6. The molecule has 0 bridgehead atoms. The summed E-state index contributed by atoms with van der Waals surface area (Å²) in [5.41, 5.74) is 6.80. The third-order valence-electron chi connectivity index (χ3n) is 7.36. The maximum atomic E-state index is 4.81. The highest BCUT2D eigenvalue weighted by Crippen LogP contribution is 2.31. The maximum Gasteiger partial charge on any atom is 0.124 e. The van der Waals surface area contributed by atoms with E-state index in [0.717, 1.165) is 54.3 Å². The van der Waals surface area contributed by atoms with Crippen molar-refractivity contribution in [3.63, 3.8) is 0 Å². The van der Waals surface area contributed by atoms with Gasteiger partial charge in [-0.25, -0.2) is 9.97 Å². The summed E-state index contributed by atoms with van der Waals surface area (Å²) in [6.07, 6.45) is 6.68. The van der Waals surface area contributed by atoms with Crippen LogP contribution in [-0.2, 0) is 0 Å². The third kappa shape index (κ3) is 3.50. The molecule has 4 heterocycles. The minimum Gasteiger partial charge on any atom is -0.341 e. The Kier molecular flexibility index (Phi) is 4.74. The molecule has 2 fully saturated rings. The summed E-state index contributed by atoms with van der Waals surface area (Å²) in [7, 11) is 0. The Balaban J connectivity index is 1.18. The van der Waals surface area contributed by atoms with Crippen LogP contribution in [0.2, 0.25) is 0 Å². The van der Waals surface area contributed by atoms with E-state index < -0.39 is 0 Å². The number of aromatic nitrogens is 4. The van der Waals surface area contributed by atoms with E-state index in [0.29, 0.717) is 12.1 Å². The van der Waals surface area contributed by atoms with E-state index in [2.05, 4.69) is 80.2 Å². The van der Waals surface area contributed by atoms with Gasteiger partial charge in [-0.05, 0) is 84.9 Å². The minimum absolute atomic E-state index is 0.353. The first-order valence-corrected chi connectivity index (χ1v) is 12.4. The summed E-state index contributed by atoms with van der Waals surface area (Å²) in [5.74, 6) is 2.10. The number of H-pyrrole nitrogens is 2. The molecule has 34 heavy (non-hydrogen) atoms. The number of imidazole rings is 2. The highest BCUT2D eigenvalue weighted by Gasteiger charge is 2.20. The third-order valence-corrected chi connectivity index (χ3v) is 7.36. The van der Waals surface area contributed by atoms with Crippen molar-refractivity contribution in [2.24, 2.45) is 0 Å². The van der Waals surface area contributed by atoms with Crippen LogP contribution >= 0.6 is 0 Å². The smallest absolute Gasteiger partial charge is 0.124 e. The van der Waals surface area contributed by atoms with Crippen LogP contribution in [0.1, 0.15) is 49.4 Å². The summed E-state index contributed by atoms with van der Waals surface area (Å²) in [5, 5.41) is 9.51. The Bertz CT molecular complexity index is 1480. The van der Waals surface area contributed by atoms with Gasteiger partial charge in [-0.1, -0.05) is 30.3 Å². The minimum atomic E-state index is 0.353. The van der Waals surface area contributed by atoms with Crippen molar-refractivity contribution in [1.82, 2.24) is 30.6 Å². The quantitative estimate of drug-likeness (QED) is 0.288. The Labute approximate surface area is 198 Å². The molecular formula is C28H28N6. The molecule has 1 unspecified atom stereocenters. The number of aromatic amines is 2. The normalized spacial score (nSPS) is 20.6. The summed E-state index contributed by atoms with van der Waals surface area (Å²) >= 11 is 0. The lowest BCUT2D eigenvalue weighted by Crippen LogP contribution is -2.14. The van der Waals surface area contributed by atoms with Crippen molar-refractivity contribution >= 4 is 21.8 Å². The fourth-order valence-corrected chi connectivity index (χ4v) is 5.46. The molecule has 2 aliphatic rings. The lowest BCUT2D eigenvalue weighted by molar-refractivity contribution is 0.613. The van der Waals surface area contributed by atoms with E-state index in [-0.39, 0.29) is 0 Å². The molecule has 2 aliphatic heterocycles. The highest BCUT2D eigenvalue weighted by atomic mass is 15.0. The van der Waals surface area contributed by atoms with Crippen molar-refractivity contribution in [3.8, 4) is 22.4 Å². The Morgan fingerprint density at radius 2 is 1.35 bits per heavy atom. The number of rotatable bonds is 4. The van der Waals surface area contributed by atoms with E-state index in [9.17, 15) is 0 Å². The first kappa shape index (κ1) is 19.9. The van der Waals surface area contributed by atoms with Gasteiger partial charge in [0.05, 0.1) is 35.0 Å². The lowest BCUT2D eigenvalue weighted by Gasteiger charge is -2.07. The van der Waals surface area contributed by atoms with Gasteiger partial charge in [-0.2, -0.15) is 0 Å². The second kappa shape index (κ2) is 8.08. The number of hydrogen-bond acceptors (Lipinski definition) is 4. The number of hydrogen-bond donors (Lipinski definition) is 4. The predicted octanol–water partition coefficient (Wildman–Crippen LogP) is 5.62. The largest absolute Gasteiger partial charge is 0.341 e. The van der Waals surface area contributed by atoms with Gasteiger partial charge in [0.25, 0.3) is 0 Å². The van der Waals surface area contributed by atoms with Crippen LogP contribution in [0, 0.1) is 0 Å². The zero-order valence-electron chi connectivity index (χ0n) is 19.1. The van der Waals surface area contributed by atoms with Crippen LogP contribution in [0.15, 0.2) is 60.8 Å². The van der Waals surface area contributed by atoms with Gasteiger partial charge < -0.3 is 20.6 Å². The van der Waals surface area contributed by atoms with Crippen molar-refractivity contribution in [3.05, 3.63) is 72.4 Å². The SMILES string of the molecule is c1cc2cc(-c3cnc([C@@H]4CCCN4)[nH]3)ccc2cc1-c1ccc2nc(C3CCCN3)[nH]c2c1. The molecule has 6 nitrogen and oxygen atoms in total. The summed E-state index contributed by atoms with van der Waals surface area (Å²) < 4.78 is 0. The van der Waals surface area contributed by atoms with Crippen LogP contribution in [-0.4, -0.2) is 33.0 Å². The standard InChI is InChI=1S/C28H28N6/c1-3-23(29-11-1)27-31-16-26(34-27)21-8-7-17-13-18(5-6-19(17)14-21)20-9-10-22-25(15-20)33-28(32-22)24-4-2-12-30-24/h5-10,13-16,23-24,29-30H,1-4,11-12H2,(H,31,34)(H,32,33)/t23-,24?/m0/s1. The van der Waals surface area contributed by atoms with Crippen molar-refractivity contribution in [1.29, 1.82) is 0 Å². The van der Waals surface area contributed by atoms with Crippen molar-refractivity contribution in [2.75, 3.05) is 13.1 Å². The first-order chi connectivity index (χ1) is 16.8. The topological polar surface area (TPSA) is 81.4 Å². The molecule has 4 N–H and O–H groups in total. The van der Waals surface area contributed by atoms with E-state index in [1.807, 2.05) is 6.20 Å². The first-order valence-electron chi connectivity index (χ1n) is 12.4. The van der Waals surface area contributed by atoms with Gasteiger partial charge in [0.15, 0.2) is 0 Å². The molecule has 6 heteroatoms. The van der Waals surface area contributed by atoms with E-state index in [4.69, 9.17) is 4.98 Å². The summed E-state index contributed by atoms with van der Waals surface area (Å²) in [6.45, 7) is 2.15. The molecule has 7 rings (SSSR count). The Morgan fingerprint density at radius 3 is 2.12 bits per heavy atom. The molecule has 0 spiro atoms. The number of benzene rings is 3. The monoisotopic (exact) mass is 448 g/mol. The van der Waals surface area contributed by atoms with E-state index in [1.54, 1.807) is 0 Å². The highest BCUT2D eigenvalue weighted by molar-refractivity contribution is 5.91. The van der Waals surface area contributed by atoms with E-state index >= 15 is 0 Å². The van der Waals surface area contributed by atoms with Gasteiger partial charge in [0.1, 0.15) is 11.6 Å². The van der Waals surface area contributed by atoms with Gasteiger partial charge in [0, 0.05) is 5.56 Å². The fraction of sp³-hybridized carbons (Fsp3) is 0.286. The molecular weight excluding hydrogens is 420 g/mol. The van der Waals surface area contributed by atoms with Gasteiger partial charge in [0.2, 0.25) is 0 Å². The van der Waals surface area contributed by atoms with Crippen LogP contribution < -0.4 is 10.6 Å². The van der Waals surface area contributed by atoms with Crippen molar-refractivity contribution in [2.45, 2.75) is 37.8 Å². The Hall–Kier alpha value is -3.48. The number of nitrogens with one attached hydrogen (secondary N) is 4. The lowest BCUT2D eigenvalue weighted by atomic mass is 9.99. The van der Waals surface area contributed by atoms with E-state index in [1.165, 1.54) is 40.3 Å². The van der Waals surface area contributed by atoms with Gasteiger partial charge in [-0.3, -0.25) is 0 Å². The van der Waals surface area contributed by atoms with Crippen molar-refractivity contribution < 1.29 is 0 Å². The predicted molar refractivity (Wildman–Crippen MR) is 137 cm³/mol. The van der Waals surface area contributed by atoms with Crippen LogP contribution in [0.5, 0.6) is 0 Å². The second-order valence-electron chi connectivity index (χ2n) is 9.61. The molecule has 0 radical (unpaired) electrons. The van der Waals surface area contributed by atoms with Gasteiger partial charge >= 0.3 is 0 Å². The molecule has 0 aliphatic carbocycles. The van der Waals surface area contributed by atoms with Crippen LogP contribution in [0.4, 0.5) is 0 Å². The molecule has 2 saturated heterocycles. The average molecular weight is 449 g/mol. The number of fused-ring (bicyclic) bond motifs is 2. The molecule has 5 aromatic rings. The zero-order valence-corrected chi connectivity index (χ0v) is 19.1. The molecule has 0 amide bonds. The van der Waals surface area contributed by atoms with Crippen LogP contribution in [0.3, 0.4) is 0 Å². The fourth-order valence-electron chi connectivity index (χ4n) is 5.46. The molecule has 3 aromatic carbocycles. The summed E-state index contributed by atoms with van der Waals surface area (Å²) in [4.78, 5) is 16.5. The van der Waals surface area contributed by atoms with Gasteiger partial charge in [-0.15, -0.1) is 0 Å². The average Bonchev–Trinajstić information content (AvgIpc) is 3.69. The molecule has 2 atom stereocenters. The number of nitrogens with zero attached hydrogens (tertiary/aromatic N) is 2. The second-order valence-corrected chi connectivity index (χ2v) is 9.61. The Morgan fingerprint density at radius 1 is 0.676 bits per heavy atom. The molecule has 170 valence electrons. The van der Waals surface area contributed by atoms with Crippen LogP contribution in [0.25, 0.3) is 44.2 Å². The molecule has 0 saturated carbocycles. The molecule has 2 aromatic heterocycles.